The summed E-state index contributed by atoms with van der Waals surface area (Å²) in [6, 6.07) is 8.76. The number of aromatic nitrogens is 1. The van der Waals surface area contributed by atoms with Crippen LogP contribution in [-0.4, -0.2) is 47.1 Å². The van der Waals surface area contributed by atoms with E-state index in [-0.39, 0.29) is 23.1 Å². The van der Waals surface area contributed by atoms with Crippen LogP contribution >= 0.6 is 0 Å². The summed E-state index contributed by atoms with van der Waals surface area (Å²) in [5.74, 6) is -0.545. The summed E-state index contributed by atoms with van der Waals surface area (Å²) in [6.45, 7) is 0.305. The second-order valence-corrected chi connectivity index (χ2v) is 6.33. The van der Waals surface area contributed by atoms with Crippen molar-refractivity contribution in [2.24, 2.45) is 0 Å². The van der Waals surface area contributed by atoms with Crippen LogP contribution in [0.4, 0.5) is 11.4 Å². The van der Waals surface area contributed by atoms with Crippen molar-refractivity contribution in [1.82, 2.24) is 9.88 Å². The first kappa shape index (κ1) is 18.2. The largest absolute Gasteiger partial charge is 0.383 e. The van der Waals surface area contributed by atoms with Gasteiger partial charge < -0.3 is 9.80 Å². The van der Waals surface area contributed by atoms with Gasteiger partial charge in [-0.25, -0.2) is 0 Å². The number of hydrogen-bond acceptors (Lipinski definition) is 6. The van der Waals surface area contributed by atoms with E-state index >= 15 is 0 Å². The van der Waals surface area contributed by atoms with Crippen LogP contribution < -0.4 is 4.90 Å². The van der Waals surface area contributed by atoms with Crippen LogP contribution in [0.1, 0.15) is 27.3 Å². The Morgan fingerprint density at radius 3 is 2.59 bits per heavy atom. The van der Waals surface area contributed by atoms with Crippen molar-refractivity contribution < 1.29 is 14.5 Å². The summed E-state index contributed by atoms with van der Waals surface area (Å²) in [6.07, 6.45) is 3.64. The van der Waals surface area contributed by atoms with Gasteiger partial charge in [-0.15, -0.1) is 0 Å². The van der Waals surface area contributed by atoms with Crippen LogP contribution in [-0.2, 0) is 0 Å². The molecule has 1 aromatic heterocycles. The molecule has 1 amide bonds. The number of carbonyl (C=O) groups excluding carboxylic acids is 2. The molecule has 0 fully saturated rings. The number of non-ortho nitro benzene ring substituents is 1. The zero-order valence-electron chi connectivity index (χ0n) is 15.0. The number of amides is 1. The van der Waals surface area contributed by atoms with E-state index in [2.05, 4.69) is 4.98 Å². The Hall–Kier alpha value is -3.55. The molecule has 0 radical (unpaired) electrons. The van der Waals surface area contributed by atoms with Crippen LogP contribution in [0.5, 0.6) is 0 Å². The first-order valence-electron chi connectivity index (χ1n) is 8.31. The summed E-state index contributed by atoms with van der Waals surface area (Å²) >= 11 is 0. The van der Waals surface area contributed by atoms with E-state index in [1.165, 1.54) is 35.4 Å². The standard InChI is InChI=1S/C19H18N4O4/c1-21(2)12-14-9-11-22(16-4-3-10-20-17(16)18(14)24)19(25)13-5-7-15(8-6-13)23(26)27/h3-8,10,12H,9,11H2,1-2H3. The number of pyridine rings is 1. The van der Waals surface area contributed by atoms with Gasteiger partial charge in [0, 0.05) is 56.3 Å². The van der Waals surface area contributed by atoms with Crippen molar-refractivity contribution in [3.8, 4) is 0 Å². The Morgan fingerprint density at radius 2 is 1.96 bits per heavy atom. The van der Waals surface area contributed by atoms with Gasteiger partial charge in [-0.05, 0) is 30.7 Å². The molecule has 1 aliphatic heterocycles. The molecule has 27 heavy (non-hydrogen) atoms. The zero-order chi connectivity index (χ0) is 19.6. The Balaban J connectivity index is 2.00. The van der Waals surface area contributed by atoms with Gasteiger partial charge in [0.1, 0.15) is 5.69 Å². The molecule has 3 rings (SSSR count). The highest BCUT2D eigenvalue weighted by Gasteiger charge is 2.29. The molecule has 0 saturated carbocycles. The molecule has 2 aromatic rings. The molecule has 0 bridgehead atoms. The molecule has 0 aliphatic carbocycles. The van der Waals surface area contributed by atoms with Crippen LogP contribution in [0.15, 0.2) is 54.4 Å². The van der Waals surface area contributed by atoms with E-state index in [4.69, 9.17) is 0 Å². The molecule has 0 saturated heterocycles. The minimum absolute atomic E-state index is 0.0872. The summed E-state index contributed by atoms with van der Waals surface area (Å²) in [4.78, 5) is 43.6. The van der Waals surface area contributed by atoms with Crippen molar-refractivity contribution >= 4 is 23.1 Å². The summed E-state index contributed by atoms with van der Waals surface area (Å²) < 4.78 is 0. The minimum atomic E-state index is -0.517. The molecule has 8 heteroatoms. The highest BCUT2D eigenvalue weighted by molar-refractivity contribution is 6.16. The van der Waals surface area contributed by atoms with Crippen LogP contribution in [0.3, 0.4) is 0 Å². The van der Waals surface area contributed by atoms with Gasteiger partial charge in [0.15, 0.2) is 0 Å². The highest BCUT2D eigenvalue weighted by Crippen LogP contribution is 2.28. The average Bonchev–Trinajstić information content (AvgIpc) is 2.79. The van der Waals surface area contributed by atoms with Crippen molar-refractivity contribution in [3.05, 3.63) is 75.7 Å². The molecule has 0 atom stereocenters. The lowest BCUT2D eigenvalue weighted by Gasteiger charge is -2.21. The Kier molecular flexibility index (Phi) is 4.98. The Morgan fingerprint density at radius 1 is 1.26 bits per heavy atom. The fraction of sp³-hybridized carbons (Fsp3) is 0.211. The second-order valence-electron chi connectivity index (χ2n) is 6.33. The number of benzene rings is 1. The van der Waals surface area contributed by atoms with Crippen LogP contribution in [0.25, 0.3) is 0 Å². The molecule has 1 aliphatic rings. The Labute approximate surface area is 155 Å². The molecule has 0 unspecified atom stereocenters. The molecule has 8 nitrogen and oxygen atoms in total. The number of Topliss-reactive ketones (excluding diaryl/α,β-unsaturated/α-hetero) is 1. The van der Waals surface area contributed by atoms with E-state index in [1.807, 2.05) is 14.1 Å². The van der Waals surface area contributed by atoms with Crippen LogP contribution in [0, 0.1) is 10.1 Å². The number of nitro benzene ring substituents is 1. The predicted molar refractivity (Wildman–Crippen MR) is 99.7 cm³/mol. The van der Waals surface area contributed by atoms with Crippen molar-refractivity contribution in [3.63, 3.8) is 0 Å². The summed E-state index contributed by atoms with van der Waals surface area (Å²) in [7, 11) is 3.65. The normalized spacial score (nSPS) is 15.3. The highest BCUT2D eigenvalue weighted by atomic mass is 16.6. The lowest BCUT2D eigenvalue weighted by atomic mass is 10.1. The molecule has 0 N–H and O–H groups in total. The molecule has 1 aromatic carbocycles. The van der Waals surface area contributed by atoms with E-state index in [0.717, 1.165) is 0 Å². The maximum atomic E-state index is 13.0. The number of hydrogen-bond donors (Lipinski definition) is 0. The SMILES string of the molecule is CN(C)C=C1CCN(C(=O)c2ccc([N+](=O)[O-])cc2)c2cccnc2C1=O. The Bertz CT molecular complexity index is 935. The van der Waals surface area contributed by atoms with Crippen LogP contribution in [0.2, 0.25) is 0 Å². The third-order valence-corrected chi connectivity index (χ3v) is 4.17. The first-order valence-corrected chi connectivity index (χ1v) is 8.31. The zero-order valence-corrected chi connectivity index (χ0v) is 15.0. The minimum Gasteiger partial charge on any atom is -0.383 e. The summed E-state index contributed by atoms with van der Waals surface area (Å²) in [5, 5.41) is 10.8. The van der Waals surface area contributed by atoms with Gasteiger partial charge in [-0.1, -0.05) is 0 Å². The monoisotopic (exact) mass is 366 g/mol. The third-order valence-electron chi connectivity index (χ3n) is 4.17. The van der Waals surface area contributed by atoms with Gasteiger partial charge in [-0.2, -0.15) is 0 Å². The quantitative estimate of drug-likeness (QED) is 0.471. The van der Waals surface area contributed by atoms with Crippen molar-refractivity contribution in [1.29, 1.82) is 0 Å². The van der Waals surface area contributed by atoms with Crippen molar-refractivity contribution in [2.75, 3.05) is 25.5 Å². The number of nitrogens with zero attached hydrogens (tertiary/aromatic N) is 4. The fourth-order valence-corrected chi connectivity index (χ4v) is 2.94. The summed E-state index contributed by atoms with van der Waals surface area (Å²) in [5.41, 5.74) is 1.45. The smallest absolute Gasteiger partial charge is 0.269 e. The van der Waals surface area contributed by atoms with E-state index in [0.29, 0.717) is 29.8 Å². The fourth-order valence-electron chi connectivity index (χ4n) is 2.94. The van der Waals surface area contributed by atoms with Gasteiger partial charge in [-0.3, -0.25) is 24.7 Å². The number of ketones is 1. The molecule has 0 spiro atoms. The lowest BCUT2D eigenvalue weighted by molar-refractivity contribution is -0.384. The molecular formula is C19H18N4O4. The molecule has 2 heterocycles. The lowest BCUT2D eigenvalue weighted by Crippen LogP contribution is -2.32. The average molecular weight is 366 g/mol. The molecule has 138 valence electrons. The maximum Gasteiger partial charge on any atom is 0.269 e. The van der Waals surface area contributed by atoms with Gasteiger partial charge in [0.2, 0.25) is 5.78 Å². The van der Waals surface area contributed by atoms with Crippen molar-refractivity contribution in [2.45, 2.75) is 6.42 Å². The van der Waals surface area contributed by atoms with E-state index < -0.39 is 4.92 Å². The first-order chi connectivity index (χ1) is 12.9. The van der Waals surface area contributed by atoms with Gasteiger partial charge in [0.05, 0.1) is 10.6 Å². The topological polar surface area (TPSA) is 96.7 Å². The molecular weight excluding hydrogens is 348 g/mol. The number of rotatable bonds is 3. The predicted octanol–water partition coefficient (Wildman–Crippen LogP) is 2.67. The van der Waals surface area contributed by atoms with E-state index in [9.17, 15) is 19.7 Å². The van der Waals surface area contributed by atoms with Gasteiger partial charge in [0.25, 0.3) is 11.6 Å². The number of nitro groups is 1. The van der Waals surface area contributed by atoms with E-state index in [1.54, 1.807) is 23.2 Å². The maximum absolute atomic E-state index is 13.0. The number of fused-ring (bicyclic) bond motifs is 1. The van der Waals surface area contributed by atoms with Gasteiger partial charge >= 0.3 is 0 Å². The third kappa shape index (κ3) is 3.69. The number of anilines is 1. The number of carbonyl (C=O) groups is 2. The second kappa shape index (κ2) is 7.36.